The van der Waals surface area contributed by atoms with Crippen LogP contribution in [0.3, 0.4) is 0 Å². The number of sulfonamides is 1. The zero-order chi connectivity index (χ0) is 27.7. The maximum atomic E-state index is 13.8. The first-order chi connectivity index (χ1) is 19.4. The quantitative estimate of drug-likeness (QED) is 0.376. The number of anilines is 1. The molecule has 6 rings (SSSR count). The fraction of sp³-hybridized carbons (Fsp3) is 0.300. The molecule has 206 valence electrons. The Balaban J connectivity index is 1.26. The Morgan fingerprint density at radius 2 is 1.68 bits per heavy atom. The van der Waals surface area contributed by atoms with Crippen molar-refractivity contribution in [2.24, 2.45) is 0 Å². The number of rotatable bonds is 6. The Morgan fingerprint density at radius 1 is 0.925 bits per heavy atom. The van der Waals surface area contributed by atoms with Crippen LogP contribution in [0.25, 0.3) is 11.4 Å². The predicted molar refractivity (Wildman–Crippen MR) is 151 cm³/mol. The second-order valence-electron chi connectivity index (χ2n) is 10.2. The normalized spacial score (nSPS) is 17.4. The Morgan fingerprint density at radius 3 is 2.42 bits per heavy atom. The Kier molecular flexibility index (Phi) is 7.12. The van der Waals surface area contributed by atoms with Gasteiger partial charge >= 0.3 is 0 Å². The summed E-state index contributed by atoms with van der Waals surface area (Å²) in [6, 6.07) is 20.4. The molecule has 40 heavy (non-hydrogen) atoms. The molecule has 0 spiro atoms. The monoisotopic (exact) mass is 557 g/mol. The minimum atomic E-state index is -3.97. The number of methoxy groups -OCH3 is 1. The summed E-state index contributed by atoms with van der Waals surface area (Å²) in [6.45, 7) is 1.01. The van der Waals surface area contributed by atoms with Gasteiger partial charge < -0.3 is 14.6 Å². The molecule has 1 amide bonds. The van der Waals surface area contributed by atoms with Crippen molar-refractivity contribution in [1.29, 1.82) is 0 Å². The van der Waals surface area contributed by atoms with E-state index >= 15 is 0 Å². The highest BCUT2D eigenvalue weighted by atomic mass is 32.2. The second kappa shape index (κ2) is 10.9. The van der Waals surface area contributed by atoms with E-state index in [1.54, 1.807) is 12.1 Å². The lowest BCUT2D eigenvalue weighted by atomic mass is 9.95. The van der Waals surface area contributed by atoms with Gasteiger partial charge in [0.1, 0.15) is 17.6 Å². The standard InChI is InChI=1S/C30H31N5O4S/c1-39-25-14-16-26(17-15-25)40(37,38)35-20-23-8-5-4-7-22(23)19-27(35)30(36)31-24-12-10-21(11-13-24)29-33-32-28-9-3-2-6-18-34(28)29/h4-5,7-8,10-17,27H,2-3,6,9,18-20H2,1H3,(H,31,36). The van der Waals surface area contributed by atoms with Gasteiger partial charge in [-0.3, -0.25) is 4.79 Å². The van der Waals surface area contributed by atoms with Crippen LogP contribution in [0, 0.1) is 0 Å². The zero-order valence-corrected chi connectivity index (χ0v) is 23.1. The number of hydrogen-bond donors (Lipinski definition) is 1. The SMILES string of the molecule is COc1ccc(S(=O)(=O)N2Cc3ccccc3CC2C(=O)Nc2ccc(-c3nnc4n3CCCCC4)cc2)cc1. The van der Waals surface area contributed by atoms with E-state index in [0.717, 1.165) is 54.1 Å². The van der Waals surface area contributed by atoms with Crippen molar-refractivity contribution in [2.75, 3.05) is 12.4 Å². The Labute approximate surface area is 233 Å². The maximum Gasteiger partial charge on any atom is 0.244 e. The number of nitrogens with zero attached hydrogens (tertiary/aromatic N) is 4. The molecule has 1 N–H and O–H groups in total. The van der Waals surface area contributed by atoms with Gasteiger partial charge in [0.15, 0.2) is 5.82 Å². The first-order valence-corrected chi connectivity index (χ1v) is 14.9. The molecule has 0 saturated heterocycles. The van der Waals surface area contributed by atoms with Crippen LogP contribution in [0.1, 0.15) is 36.2 Å². The van der Waals surface area contributed by atoms with E-state index in [1.165, 1.54) is 30.0 Å². The first kappa shape index (κ1) is 26.2. The van der Waals surface area contributed by atoms with Crippen molar-refractivity contribution in [2.45, 2.75) is 56.1 Å². The molecule has 3 aromatic carbocycles. The van der Waals surface area contributed by atoms with Crippen LogP contribution < -0.4 is 10.1 Å². The summed E-state index contributed by atoms with van der Waals surface area (Å²) in [7, 11) is -2.44. The van der Waals surface area contributed by atoms with Gasteiger partial charge in [0.25, 0.3) is 0 Å². The van der Waals surface area contributed by atoms with Gasteiger partial charge in [0.05, 0.1) is 12.0 Å². The van der Waals surface area contributed by atoms with Crippen LogP contribution in [0.5, 0.6) is 5.75 Å². The van der Waals surface area contributed by atoms with Gasteiger partial charge in [-0.25, -0.2) is 8.42 Å². The van der Waals surface area contributed by atoms with Crippen molar-refractivity contribution < 1.29 is 17.9 Å². The van der Waals surface area contributed by atoms with E-state index in [4.69, 9.17) is 4.74 Å². The number of carbonyl (C=O) groups excluding carboxylic acids is 1. The van der Waals surface area contributed by atoms with Crippen molar-refractivity contribution in [1.82, 2.24) is 19.1 Å². The van der Waals surface area contributed by atoms with Crippen molar-refractivity contribution in [3.8, 4) is 17.1 Å². The van der Waals surface area contributed by atoms with Crippen molar-refractivity contribution in [3.63, 3.8) is 0 Å². The number of carbonyl (C=O) groups is 1. The number of aryl methyl sites for hydroxylation is 1. The molecule has 0 radical (unpaired) electrons. The molecule has 0 saturated carbocycles. The summed E-state index contributed by atoms with van der Waals surface area (Å²) < 4.78 is 36.2. The van der Waals surface area contributed by atoms with Gasteiger partial charge in [-0.05, 0) is 78.9 Å². The highest BCUT2D eigenvalue weighted by molar-refractivity contribution is 7.89. The molecule has 0 aliphatic carbocycles. The third kappa shape index (κ3) is 5.00. The van der Waals surface area contributed by atoms with Crippen LogP contribution in [-0.2, 0) is 40.7 Å². The molecule has 3 heterocycles. The van der Waals surface area contributed by atoms with Crippen LogP contribution >= 0.6 is 0 Å². The molecule has 0 bridgehead atoms. The van der Waals surface area contributed by atoms with Crippen LogP contribution in [0.2, 0.25) is 0 Å². The Bertz CT molecular complexity index is 1630. The number of benzene rings is 3. The molecule has 4 aromatic rings. The van der Waals surface area contributed by atoms with Crippen molar-refractivity contribution >= 4 is 21.6 Å². The molecule has 9 nitrogen and oxygen atoms in total. The smallest absolute Gasteiger partial charge is 0.244 e. The fourth-order valence-electron chi connectivity index (χ4n) is 5.48. The van der Waals surface area contributed by atoms with Gasteiger partial charge in [-0.15, -0.1) is 10.2 Å². The lowest BCUT2D eigenvalue weighted by molar-refractivity contribution is -0.120. The molecule has 2 aliphatic heterocycles. The lowest BCUT2D eigenvalue weighted by Gasteiger charge is -2.35. The number of fused-ring (bicyclic) bond motifs is 2. The zero-order valence-electron chi connectivity index (χ0n) is 22.3. The molecule has 0 fully saturated rings. The summed E-state index contributed by atoms with van der Waals surface area (Å²) in [5.41, 5.74) is 3.37. The van der Waals surface area contributed by atoms with E-state index in [-0.39, 0.29) is 23.8 Å². The molecule has 1 aromatic heterocycles. The number of amides is 1. The van der Waals surface area contributed by atoms with E-state index in [2.05, 4.69) is 20.1 Å². The number of nitrogens with one attached hydrogen (secondary N) is 1. The highest BCUT2D eigenvalue weighted by Crippen LogP contribution is 2.31. The second-order valence-corrected chi connectivity index (χ2v) is 12.1. The molecule has 10 heteroatoms. The summed E-state index contributed by atoms with van der Waals surface area (Å²) in [5, 5.41) is 11.8. The predicted octanol–water partition coefficient (Wildman–Crippen LogP) is 4.43. The molecule has 2 aliphatic rings. The van der Waals surface area contributed by atoms with Crippen LogP contribution in [0.4, 0.5) is 5.69 Å². The lowest BCUT2D eigenvalue weighted by Crippen LogP contribution is -2.50. The summed E-state index contributed by atoms with van der Waals surface area (Å²) in [4.78, 5) is 13.8. The summed E-state index contributed by atoms with van der Waals surface area (Å²) >= 11 is 0. The average molecular weight is 558 g/mol. The minimum Gasteiger partial charge on any atom is -0.497 e. The van der Waals surface area contributed by atoms with Crippen LogP contribution in [0.15, 0.2) is 77.7 Å². The maximum absolute atomic E-state index is 13.8. The third-order valence-corrected chi connectivity index (χ3v) is 9.56. The van der Waals surface area contributed by atoms with Gasteiger partial charge in [0, 0.05) is 30.8 Å². The van der Waals surface area contributed by atoms with E-state index in [9.17, 15) is 13.2 Å². The summed E-state index contributed by atoms with van der Waals surface area (Å²) in [5.74, 6) is 2.02. The molecule has 1 atom stereocenters. The first-order valence-electron chi connectivity index (χ1n) is 13.5. The highest BCUT2D eigenvalue weighted by Gasteiger charge is 2.39. The van der Waals surface area contributed by atoms with Gasteiger partial charge in [-0.2, -0.15) is 4.31 Å². The van der Waals surface area contributed by atoms with E-state index in [1.807, 2.05) is 48.5 Å². The third-order valence-electron chi connectivity index (χ3n) is 7.69. The minimum absolute atomic E-state index is 0.111. The molecular formula is C30H31N5O4S. The number of aromatic nitrogens is 3. The van der Waals surface area contributed by atoms with Crippen molar-refractivity contribution in [3.05, 3.63) is 89.7 Å². The molecule has 1 unspecified atom stereocenters. The average Bonchev–Trinajstić information content (AvgIpc) is 3.24. The molecular weight excluding hydrogens is 526 g/mol. The number of ether oxygens (including phenoxy) is 1. The fourth-order valence-corrected chi connectivity index (χ4v) is 7.05. The largest absolute Gasteiger partial charge is 0.497 e. The topological polar surface area (TPSA) is 106 Å². The van der Waals surface area contributed by atoms with Gasteiger partial charge in [0.2, 0.25) is 15.9 Å². The van der Waals surface area contributed by atoms with E-state index < -0.39 is 16.1 Å². The van der Waals surface area contributed by atoms with E-state index in [0.29, 0.717) is 11.4 Å². The summed E-state index contributed by atoms with van der Waals surface area (Å²) in [6.07, 6.45) is 4.63. The Hall–Kier alpha value is -4.02. The number of hydrogen-bond acceptors (Lipinski definition) is 6. The van der Waals surface area contributed by atoms with Gasteiger partial charge in [-0.1, -0.05) is 30.7 Å². The van der Waals surface area contributed by atoms with Crippen LogP contribution in [-0.4, -0.2) is 46.5 Å².